The average Bonchev–Trinajstić information content (AvgIpc) is 2.98. The van der Waals surface area contributed by atoms with Crippen molar-refractivity contribution in [2.24, 2.45) is 0 Å². The van der Waals surface area contributed by atoms with E-state index in [0.29, 0.717) is 5.82 Å². The monoisotopic (exact) mass is 357 g/mol. The zero-order chi connectivity index (χ0) is 15.4. The van der Waals surface area contributed by atoms with E-state index in [1.807, 2.05) is 54.6 Å². The van der Waals surface area contributed by atoms with Crippen LogP contribution in [0.3, 0.4) is 0 Å². The van der Waals surface area contributed by atoms with Crippen molar-refractivity contribution in [3.63, 3.8) is 0 Å². The summed E-state index contributed by atoms with van der Waals surface area (Å²) >= 11 is 3.35. The quantitative estimate of drug-likeness (QED) is 0.779. The second-order valence-corrected chi connectivity index (χ2v) is 5.50. The SMILES string of the molecule is O=C(Cn1nnnc1-c1ccccc1)Nc1ccc(Br)cc1. The van der Waals surface area contributed by atoms with Crippen molar-refractivity contribution in [3.8, 4) is 11.4 Å². The first-order chi connectivity index (χ1) is 10.7. The van der Waals surface area contributed by atoms with Gasteiger partial charge in [-0.25, -0.2) is 4.68 Å². The maximum absolute atomic E-state index is 12.1. The van der Waals surface area contributed by atoms with Crippen LogP contribution >= 0.6 is 15.9 Å². The van der Waals surface area contributed by atoms with E-state index in [0.717, 1.165) is 15.7 Å². The van der Waals surface area contributed by atoms with Gasteiger partial charge in [-0.3, -0.25) is 4.79 Å². The molecule has 3 aromatic rings. The van der Waals surface area contributed by atoms with Gasteiger partial charge in [0.25, 0.3) is 0 Å². The molecule has 0 radical (unpaired) electrons. The van der Waals surface area contributed by atoms with Crippen molar-refractivity contribution in [1.82, 2.24) is 20.2 Å². The minimum absolute atomic E-state index is 0.0489. The van der Waals surface area contributed by atoms with E-state index < -0.39 is 0 Å². The number of hydrogen-bond acceptors (Lipinski definition) is 4. The Hall–Kier alpha value is -2.54. The number of tetrazole rings is 1. The second-order valence-electron chi connectivity index (χ2n) is 4.58. The Bertz CT molecular complexity index is 770. The number of anilines is 1. The summed E-state index contributed by atoms with van der Waals surface area (Å²) in [5.74, 6) is 0.373. The van der Waals surface area contributed by atoms with E-state index in [1.165, 1.54) is 4.68 Å². The summed E-state index contributed by atoms with van der Waals surface area (Å²) in [7, 11) is 0. The molecule has 1 heterocycles. The van der Waals surface area contributed by atoms with Crippen LogP contribution in [0.2, 0.25) is 0 Å². The van der Waals surface area contributed by atoms with Gasteiger partial charge in [-0.2, -0.15) is 0 Å². The highest BCUT2D eigenvalue weighted by molar-refractivity contribution is 9.10. The summed E-state index contributed by atoms with van der Waals surface area (Å²) < 4.78 is 2.43. The second kappa shape index (κ2) is 6.48. The van der Waals surface area contributed by atoms with E-state index in [4.69, 9.17) is 0 Å². The first-order valence-electron chi connectivity index (χ1n) is 6.59. The van der Waals surface area contributed by atoms with Crippen molar-refractivity contribution in [3.05, 3.63) is 59.1 Å². The number of hydrogen-bond donors (Lipinski definition) is 1. The van der Waals surface area contributed by atoms with Crippen molar-refractivity contribution < 1.29 is 4.79 Å². The minimum Gasteiger partial charge on any atom is -0.324 e. The van der Waals surface area contributed by atoms with Gasteiger partial charge < -0.3 is 5.32 Å². The van der Waals surface area contributed by atoms with E-state index in [-0.39, 0.29) is 12.5 Å². The fourth-order valence-corrected chi connectivity index (χ4v) is 2.24. The maximum atomic E-state index is 12.1. The highest BCUT2D eigenvalue weighted by Gasteiger charge is 2.12. The van der Waals surface area contributed by atoms with Crippen molar-refractivity contribution in [2.45, 2.75) is 6.54 Å². The zero-order valence-electron chi connectivity index (χ0n) is 11.5. The first kappa shape index (κ1) is 14.4. The molecule has 0 bridgehead atoms. The lowest BCUT2D eigenvalue weighted by Crippen LogP contribution is -2.20. The Balaban J connectivity index is 1.73. The van der Waals surface area contributed by atoms with Crippen LogP contribution in [0, 0.1) is 0 Å². The molecule has 0 saturated carbocycles. The molecule has 0 atom stereocenters. The normalized spacial score (nSPS) is 10.4. The van der Waals surface area contributed by atoms with Gasteiger partial charge >= 0.3 is 0 Å². The molecule has 0 aliphatic heterocycles. The predicted molar refractivity (Wildman–Crippen MR) is 86.0 cm³/mol. The van der Waals surface area contributed by atoms with Crippen molar-refractivity contribution >= 4 is 27.5 Å². The maximum Gasteiger partial charge on any atom is 0.246 e. The smallest absolute Gasteiger partial charge is 0.246 e. The lowest BCUT2D eigenvalue weighted by Gasteiger charge is -2.06. The molecule has 3 rings (SSSR count). The van der Waals surface area contributed by atoms with Crippen molar-refractivity contribution in [1.29, 1.82) is 0 Å². The molecule has 1 amide bonds. The third kappa shape index (κ3) is 3.37. The lowest BCUT2D eigenvalue weighted by atomic mass is 10.2. The molecule has 1 aromatic heterocycles. The molecule has 0 aliphatic carbocycles. The molecular formula is C15H12BrN5O. The molecule has 0 saturated heterocycles. The summed E-state index contributed by atoms with van der Waals surface area (Å²) in [6.07, 6.45) is 0. The number of benzene rings is 2. The van der Waals surface area contributed by atoms with Gasteiger partial charge in [0.2, 0.25) is 5.91 Å². The third-order valence-electron chi connectivity index (χ3n) is 2.99. The fourth-order valence-electron chi connectivity index (χ4n) is 1.97. The summed E-state index contributed by atoms with van der Waals surface area (Å²) in [4.78, 5) is 12.1. The van der Waals surface area contributed by atoms with Gasteiger partial charge in [0, 0.05) is 15.7 Å². The minimum atomic E-state index is -0.188. The Morgan fingerprint density at radius 3 is 2.55 bits per heavy atom. The van der Waals surface area contributed by atoms with E-state index >= 15 is 0 Å². The lowest BCUT2D eigenvalue weighted by molar-refractivity contribution is -0.116. The Kier molecular flexibility index (Phi) is 4.24. The van der Waals surface area contributed by atoms with Gasteiger partial charge in [0.15, 0.2) is 5.82 Å². The molecular weight excluding hydrogens is 346 g/mol. The van der Waals surface area contributed by atoms with E-state index in [1.54, 1.807) is 0 Å². The number of rotatable bonds is 4. The summed E-state index contributed by atoms with van der Waals surface area (Å²) in [6, 6.07) is 16.9. The largest absolute Gasteiger partial charge is 0.324 e. The number of amides is 1. The van der Waals surface area contributed by atoms with Gasteiger partial charge in [0.05, 0.1) is 0 Å². The standard InChI is InChI=1S/C15H12BrN5O/c16-12-6-8-13(9-7-12)17-14(22)10-21-15(18-19-20-21)11-4-2-1-3-5-11/h1-9H,10H2,(H,17,22). The van der Waals surface area contributed by atoms with Gasteiger partial charge in [-0.1, -0.05) is 46.3 Å². The predicted octanol–water partition coefficient (Wildman–Crippen LogP) is 2.74. The van der Waals surface area contributed by atoms with Crippen molar-refractivity contribution in [2.75, 3.05) is 5.32 Å². The van der Waals surface area contributed by atoms with Crippen LogP contribution in [0.4, 0.5) is 5.69 Å². The number of carbonyl (C=O) groups is 1. The average molecular weight is 358 g/mol. The summed E-state index contributed by atoms with van der Waals surface area (Å²) in [5.41, 5.74) is 1.59. The molecule has 22 heavy (non-hydrogen) atoms. The highest BCUT2D eigenvalue weighted by Crippen LogP contribution is 2.16. The van der Waals surface area contributed by atoms with E-state index in [9.17, 15) is 4.79 Å². The molecule has 0 aliphatic rings. The molecule has 2 aromatic carbocycles. The number of halogens is 1. The molecule has 6 nitrogen and oxygen atoms in total. The van der Waals surface area contributed by atoms with Crippen LogP contribution in [-0.4, -0.2) is 26.1 Å². The molecule has 110 valence electrons. The Morgan fingerprint density at radius 1 is 1.09 bits per heavy atom. The topological polar surface area (TPSA) is 72.7 Å². The van der Waals surface area contributed by atoms with Crippen LogP contribution in [0.1, 0.15) is 0 Å². The van der Waals surface area contributed by atoms with Crippen LogP contribution in [-0.2, 0) is 11.3 Å². The summed E-state index contributed by atoms with van der Waals surface area (Å²) in [6.45, 7) is 0.0489. The molecule has 0 spiro atoms. The van der Waals surface area contributed by atoms with E-state index in [2.05, 4.69) is 36.8 Å². The van der Waals surface area contributed by atoms with Crippen LogP contribution in [0.15, 0.2) is 59.1 Å². The van der Waals surface area contributed by atoms with Crippen LogP contribution in [0.5, 0.6) is 0 Å². The number of nitrogens with one attached hydrogen (secondary N) is 1. The third-order valence-corrected chi connectivity index (χ3v) is 3.51. The van der Waals surface area contributed by atoms with Crippen LogP contribution < -0.4 is 5.32 Å². The Morgan fingerprint density at radius 2 is 1.82 bits per heavy atom. The van der Waals surface area contributed by atoms with Gasteiger partial charge in [0.1, 0.15) is 6.54 Å². The molecule has 1 N–H and O–H groups in total. The number of nitrogens with zero attached hydrogens (tertiary/aromatic N) is 4. The van der Waals surface area contributed by atoms with Gasteiger partial charge in [-0.15, -0.1) is 5.10 Å². The van der Waals surface area contributed by atoms with Gasteiger partial charge in [-0.05, 0) is 34.7 Å². The zero-order valence-corrected chi connectivity index (χ0v) is 13.1. The first-order valence-corrected chi connectivity index (χ1v) is 7.39. The number of carbonyl (C=O) groups excluding carboxylic acids is 1. The molecule has 0 fully saturated rings. The van der Waals surface area contributed by atoms with Crippen LogP contribution in [0.25, 0.3) is 11.4 Å². The number of aromatic nitrogens is 4. The highest BCUT2D eigenvalue weighted by atomic mass is 79.9. The Labute approximate surface area is 135 Å². The summed E-state index contributed by atoms with van der Waals surface area (Å²) in [5, 5.41) is 14.3. The molecule has 0 unspecified atom stereocenters. The molecule has 7 heteroatoms. The fraction of sp³-hybridized carbons (Fsp3) is 0.0667.